The van der Waals surface area contributed by atoms with Crippen LogP contribution in [0.25, 0.3) is 0 Å². The van der Waals surface area contributed by atoms with Crippen molar-refractivity contribution in [3.05, 3.63) is 70.8 Å². The summed E-state index contributed by atoms with van der Waals surface area (Å²) in [5, 5.41) is 0. The van der Waals surface area contributed by atoms with Gasteiger partial charge in [-0.05, 0) is 35.6 Å². The molecule has 0 radical (unpaired) electrons. The number of cyclic esters (lactones) is 1. The molecule has 0 spiro atoms. The number of esters is 1. The Morgan fingerprint density at radius 1 is 1.10 bits per heavy atom. The third kappa shape index (κ3) is 2.99. The third-order valence-corrected chi connectivity index (χ3v) is 4.06. The number of rotatable bonds is 4. The van der Waals surface area contributed by atoms with Gasteiger partial charge in [0.05, 0.1) is 5.56 Å². The molecule has 3 rings (SSSR count). The van der Waals surface area contributed by atoms with Gasteiger partial charge in [-0.25, -0.2) is 4.79 Å². The van der Waals surface area contributed by atoms with Crippen molar-refractivity contribution in [2.75, 3.05) is 0 Å². The number of carbonyl (C=O) groups excluding carboxylic acids is 1. The van der Waals surface area contributed by atoms with E-state index in [0.29, 0.717) is 5.56 Å². The molecule has 1 aliphatic rings. The minimum absolute atomic E-state index is 0.160. The van der Waals surface area contributed by atoms with Gasteiger partial charge in [0.15, 0.2) is 0 Å². The molecule has 1 atom stereocenters. The van der Waals surface area contributed by atoms with Gasteiger partial charge < -0.3 is 4.74 Å². The Hall–Kier alpha value is -2.09. The fraction of sp³-hybridized carbons (Fsp3) is 0.316. The Bertz CT molecular complexity index is 628. The van der Waals surface area contributed by atoms with Gasteiger partial charge in [-0.1, -0.05) is 55.8 Å². The first-order valence-corrected chi connectivity index (χ1v) is 7.65. The smallest absolute Gasteiger partial charge is 0.339 e. The van der Waals surface area contributed by atoms with E-state index in [-0.39, 0.29) is 12.1 Å². The normalized spacial score (nSPS) is 17.2. The highest BCUT2D eigenvalue weighted by molar-refractivity contribution is 5.92. The minimum Gasteiger partial charge on any atom is -0.454 e. The molecule has 2 heteroatoms. The van der Waals surface area contributed by atoms with E-state index in [2.05, 4.69) is 31.2 Å². The Kier molecular flexibility index (Phi) is 4.05. The molecule has 0 saturated heterocycles. The van der Waals surface area contributed by atoms with Crippen LogP contribution >= 0.6 is 0 Å². The molecule has 2 nitrogen and oxygen atoms in total. The predicted molar refractivity (Wildman–Crippen MR) is 83.4 cm³/mol. The lowest BCUT2D eigenvalue weighted by Crippen LogP contribution is -2.21. The van der Waals surface area contributed by atoms with Gasteiger partial charge in [-0.3, -0.25) is 0 Å². The maximum Gasteiger partial charge on any atom is 0.339 e. The van der Waals surface area contributed by atoms with Crippen LogP contribution in [0.2, 0.25) is 0 Å². The lowest BCUT2D eigenvalue weighted by molar-refractivity contribution is 0.0253. The molecule has 2 aromatic rings. The Morgan fingerprint density at radius 3 is 2.62 bits per heavy atom. The fourth-order valence-electron chi connectivity index (χ4n) is 2.80. The predicted octanol–water partition coefficient (Wildman–Crippen LogP) is 4.48. The molecule has 1 heterocycles. The molecule has 0 amide bonds. The van der Waals surface area contributed by atoms with Gasteiger partial charge in [0, 0.05) is 6.42 Å². The summed E-state index contributed by atoms with van der Waals surface area (Å²) < 4.78 is 5.58. The van der Waals surface area contributed by atoms with Gasteiger partial charge in [0.2, 0.25) is 0 Å². The van der Waals surface area contributed by atoms with Crippen molar-refractivity contribution >= 4 is 5.97 Å². The van der Waals surface area contributed by atoms with Crippen molar-refractivity contribution in [3.8, 4) is 0 Å². The lowest BCUT2D eigenvalue weighted by atomic mass is 9.94. The number of benzene rings is 2. The number of hydrogen-bond donors (Lipinski definition) is 0. The van der Waals surface area contributed by atoms with E-state index < -0.39 is 0 Å². The maximum absolute atomic E-state index is 12.1. The first-order valence-electron chi connectivity index (χ1n) is 7.65. The summed E-state index contributed by atoms with van der Waals surface area (Å²) in [5.41, 5.74) is 4.21. The van der Waals surface area contributed by atoms with Gasteiger partial charge in [-0.15, -0.1) is 0 Å². The summed E-state index contributed by atoms with van der Waals surface area (Å²) in [5.74, 6) is -0.211. The molecule has 0 aliphatic carbocycles. The van der Waals surface area contributed by atoms with Gasteiger partial charge >= 0.3 is 5.97 Å². The van der Waals surface area contributed by atoms with Crippen molar-refractivity contribution in [2.24, 2.45) is 0 Å². The molecule has 2 aromatic carbocycles. The average Bonchev–Trinajstić information content (AvgIpc) is 2.53. The molecule has 1 unspecified atom stereocenters. The number of ether oxygens (including phenoxy) is 1. The van der Waals surface area contributed by atoms with E-state index in [9.17, 15) is 4.79 Å². The van der Waals surface area contributed by atoms with Crippen molar-refractivity contribution in [3.63, 3.8) is 0 Å². The molecule has 0 saturated carbocycles. The molecule has 0 bridgehead atoms. The van der Waals surface area contributed by atoms with E-state index >= 15 is 0 Å². The Balaban J connectivity index is 1.78. The first kappa shape index (κ1) is 13.9. The topological polar surface area (TPSA) is 26.3 Å². The Labute approximate surface area is 125 Å². The van der Waals surface area contributed by atoms with Gasteiger partial charge in [-0.2, -0.15) is 0 Å². The van der Waals surface area contributed by atoms with E-state index in [0.717, 1.165) is 24.0 Å². The number of unbranched alkanes of at least 4 members (excludes halogenated alkanes) is 1. The summed E-state index contributed by atoms with van der Waals surface area (Å²) in [4.78, 5) is 12.1. The molecule has 1 aliphatic heterocycles. The number of fused-ring (bicyclic) bond motifs is 1. The molecule has 0 fully saturated rings. The number of carbonyl (C=O) groups is 1. The van der Waals surface area contributed by atoms with Crippen molar-refractivity contribution in [2.45, 2.75) is 38.7 Å². The van der Waals surface area contributed by atoms with Crippen LogP contribution in [-0.4, -0.2) is 5.97 Å². The summed E-state index contributed by atoms with van der Waals surface area (Å²) in [6.07, 6.45) is 4.14. The second kappa shape index (κ2) is 6.13. The third-order valence-electron chi connectivity index (χ3n) is 4.06. The van der Waals surface area contributed by atoms with E-state index in [1.54, 1.807) is 0 Å². The largest absolute Gasteiger partial charge is 0.454 e. The lowest BCUT2D eigenvalue weighted by Gasteiger charge is -2.25. The van der Waals surface area contributed by atoms with Crippen LogP contribution in [0.4, 0.5) is 0 Å². The number of hydrogen-bond acceptors (Lipinski definition) is 2. The molecular formula is C19H20O2. The minimum atomic E-state index is -0.211. The highest BCUT2D eigenvalue weighted by atomic mass is 16.5. The summed E-state index contributed by atoms with van der Waals surface area (Å²) in [6.45, 7) is 2.20. The average molecular weight is 280 g/mol. The maximum atomic E-state index is 12.1. The first-order chi connectivity index (χ1) is 10.3. The SMILES string of the molecule is CCCCc1ccc(C2Cc3ccccc3C(=O)O2)cc1. The second-order valence-electron chi connectivity index (χ2n) is 5.60. The molecular weight excluding hydrogens is 260 g/mol. The summed E-state index contributed by atoms with van der Waals surface area (Å²) in [7, 11) is 0. The summed E-state index contributed by atoms with van der Waals surface area (Å²) >= 11 is 0. The van der Waals surface area contributed by atoms with Crippen molar-refractivity contribution in [1.82, 2.24) is 0 Å². The molecule has 0 aromatic heterocycles. The highest BCUT2D eigenvalue weighted by Crippen LogP contribution is 2.30. The fourth-order valence-corrected chi connectivity index (χ4v) is 2.80. The van der Waals surface area contributed by atoms with Gasteiger partial charge in [0.25, 0.3) is 0 Å². The van der Waals surface area contributed by atoms with Crippen molar-refractivity contribution < 1.29 is 9.53 Å². The van der Waals surface area contributed by atoms with Crippen molar-refractivity contribution in [1.29, 1.82) is 0 Å². The highest BCUT2D eigenvalue weighted by Gasteiger charge is 2.26. The van der Waals surface area contributed by atoms with Crippen LogP contribution in [0.1, 0.15) is 52.9 Å². The van der Waals surface area contributed by atoms with Crippen LogP contribution in [-0.2, 0) is 17.6 Å². The Morgan fingerprint density at radius 2 is 1.86 bits per heavy atom. The summed E-state index contributed by atoms with van der Waals surface area (Å²) in [6, 6.07) is 16.2. The van der Waals surface area contributed by atoms with E-state index in [1.807, 2.05) is 24.3 Å². The zero-order valence-corrected chi connectivity index (χ0v) is 12.3. The molecule has 108 valence electrons. The van der Waals surface area contributed by atoms with Gasteiger partial charge in [0.1, 0.15) is 6.10 Å². The van der Waals surface area contributed by atoms with Crippen LogP contribution in [0, 0.1) is 0 Å². The van der Waals surface area contributed by atoms with Crippen LogP contribution in [0.5, 0.6) is 0 Å². The zero-order chi connectivity index (χ0) is 14.7. The zero-order valence-electron chi connectivity index (χ0n) is 12.3. The van der Waals surface area contributed by atoms with Crippen LogP contribution < -0.4 is 0 Å². The molecule has 0 N–H and O–H groups in total. The van der Waals surface area contributed by atoms with E-state index in [1.165, 1.54) is 18.4 Å². The standard InChI is InChI=1S/C19H20O2/c1-2-3-6-14-9-11-15(12-10-14)18-13-16-7-4-5-8-17(16)19(20)21-18/h4-5,7-12,18H,2-3,6,13H2,1H3. The van der Waals surface area contributed by atoms with Crippen LogP contribution in [0.15, 0.2) is 48.5 Å². The monoisotopic (exact) mass is 280 g/mol. The second-order valence-corrected chi connectivity index (χ2v) is 5.60. The quantitative estimate of drug-likeness (QED) is 0.772. The molecule has 21 heavy (non-hydrogen) atoms. The van der Waals surface area contributed by atoms with E-state index in [4.69, 9.17) is 4.74 Å². The number of aryl methyl sites for hydroxylation is 1. The van der Waals surface area contributed by atoms with Crippen LogP contribution in [0.3, 0.4) is 0 Å².